The highest BCUT2D eigenvalue weighted by molar-refractivity contribution is 5.86. The molecule has 1 aromatic heterocycles. The van der Waals surface area contributed by atoms with E-state index in [0.29, 0.717) is 0 Å². The van der Waals surface area contributed by atoms with Crippen LogP contribution in [0.25, 0.3) is 10.8 Å². The van der Waals surface area contributed by atoms with E-state index in [1.165, 1.54) is 12.3 Å². The monoisotopic (exact) mass is 323 g/mol. The fourth-order valence-corrected chi connectivity index (χ4v) is 2.72. The van der Waals surface area contributed by atoms with E-state index in [1.807, 2.05) is 49.4 Å². The van der Waals surface area contributed by atoms with Crippen LogP contribution in [0.4, 0.5) is 0 Å². The van der Waals surface area contributed by atoms with Crippen LogP contribution >= 0.6 is 0 Å². The highest BCUT2D eigenvalue weighted by Crippen LogP contribution is 2.23. The van der Waals surface area contributed by atoms with Gasteiger partial charge in [-0.25, -0.2) is 4.79 Å². The first-order valence-electron chi connectivity index (χ1n) is 7.61. The molecular weight excluding hydrogens is 306 g/mol. The molecule has 1 heterocycles. The number of aromatic amines is 1. The summed E-state index contributed by atoms with van der Waals surface area (Å²) >= 11 is 0. The second-order valence-corrected chi connectivity index (χ2v) is 5.60. The van der Waals surface area contributed by atoms with Crippen molar-refractivity contribution in [1.29, 1.82) is 0 Å². The van der Waals surface area contributed by atoms with Crippen LogP contribution < -0.4 is 16.6 Å². The van der Waals surface area contributed by atoms with Crippen molar-refractivity contribution in [2.45, 2.75) is 19.5 Å². The van der Waals surface area contributed by atoms with Gasteiger partial charge in [0.1, 0.15) is 6.54 Å². The van der Waals surface area contributed by atoms with Crippen LogP contribution in [0.1, 0.15) is 18.5 Å². The molecule has 6 nitrogen and oxygen atoms in total. The van der Waals surface area contributed by atoms with Gasteiger partial charge in [0, 0.05) is 12.3 Å². The van der Waals surface area contributed by atoms with Crippen LogP contribution in [0.5, 0.6) is 0 Å². The zero-order valence-corrected chi connectivity index (χ0v) is 13.2. The number of aromatic nitrogens is 2. The lowest BCUT2D eigenvalue weighted by Gasteiger charge is -2.17. The van der Waals surface area contributed by atoms with Crippen molar-refractivity contribution in [2.75, 3.05) is 0 Å². The molecule has 2 N–H and O–H groups in total. The van der Waals surface area contributed by atoms with E-state index in [2.05, 4.69) is 10.3 Å². The van der Waals surface area contributed by atoms with Crippen LogP contribution in [-0.4, -0.2) is 15.5 Å². The number of benzene rings is 2. The molecule has 1 unspecified atom stereocenters. The lowest BCUT2D eigenvalue weighted by molar-refractivity contribution is -0.122. The Morgan fingerprint density at radius 3 is 2.67 bits per heavy atom. The summed E-state index contributed by atoms with van der Waals surface area (Å²) in [5.74, 6) is -0.301. The van der Waals surface area contributed by atoms with Crippen LogP contribution in [-0.2, 0) is 11.3 Å². The quantitative estimate of drug-likeness (QED) is 0.764. The number of H-pyrrole nitrogens is 1. The highest BCUT2D eigenvalue weighted by Gasteiger charge is 2.13. The zero-order chi connectivity index (χ0) is 17.1. The number of fused-ring (bicyclic) bond motifs is 1. The SMILES string of the molecule is CC(NC(=O)Cn1ccc(=O)[nH]c1=O)c1cccc2ccccc12. The average molecular weight is 323 g/mol. The van der Waals surface area contributed by atoms with E-state index < -0.39 is 11.2 Å². The highest BCUT2D eigenvalue weighted by atomic mass is 16.2. The predicted octanol–water partition coefficient (Wildman–Crippen LogP) is 1.57. The summed E-state index contributed by atoms with van der Waals surface area (Å²) in [5, 5.41) is 5.07. The van der Waals surface area contributed by atoms with Crippen LogP contribution in [0, 0.1) is 0 Å². The second-order valence-electron chi connectivity index (χ2n) is 5.60. The Morgan fingerprint density at radius 2 is 1.88 bits per heavy atom. The first-order chi connectivity index (χ1) is 11.5. The topological polar surface area (TPSA) is 84.0 Å². The van der Waals surface area contributed by atoms with E-state index in [1.54, 1.807) is 0 Å². The minimum atomic E-state index is -0.601. The summed E-state index contributed by atoms with van der Waals surface area (Å²) in [6, 6.07) is 14.9. The smallest absolute Gasteiger partial charge is 0.328 e. The van der Waals surface area contributed by atoms with Gasteiger partial charge in [0.25, 0.3) is 5.56 Å². The molecule has 24 heavy (non-hydrogen) atoms. The molecule has 0 aliphatic heterocycles. The number of nitrogens with one attached hydrogen (secondary N) is 2. The molecule has 0 spiro atoms. The van der Waals surface area contributed by atoms with Crippen molar-refractivity contribution in [1.82, 2.24) is 14.9 Å². The normalized spacial score (nSPS) is 12.0. The summed E-state index contributed by atoms with van der Waals surface area (Å²) in [6.45, 7) is 1.75. The first-order valence-corrected chi connectivity index (χ1v) is 7.61. The molecule has 0 radical (unpaired) electrons. The number of carbonyl (C=O) groups is 1. The summed E-state index contributed by atoms with van der Waals surface area (Å²) < 4.78 is 1.16. The number of carbonyl (C=O) groups excluding carboxylic acids is 1. The first kappa shape index (κ1) is 15.7. The van der Waals surface area contributed by atoms with Crippen molar-refractivity contribution in [3.8, 4) is 0 Å². The van der Waals surface area contributed by atoms with Crippen molar-refractivity contribution < 1.29 is 4.79 Å². The third-order valence-electron chi connectivity index (χ3n) is 3.88. The Hall–Kier alpha value is -3.15. The van der Waals surface area contributed by atoms with Gasteiger partial charge in [-0.2, -0.15) is 0 Å². The largest absolute Gasteiger partial charge is 0.348 e. The van der Waals surface area contributed by atoms with E-state index in [9.17, 15) is 14.4 Å². The molecule has 2 aromatic carbocycles. The molecule has 3 aromatic rings. The minimum Gasteiger partial charge on any atom is -0.348 e. The summed E-state index contributed by atoms with van der Waals surface area (Å²) in [6.07, 6.45) is 1.31. The van der Waals surface area contributed by atoms with Crippen LogP contribution in [0.15, 0.2) is 64.3 Å². The lowest BCUT2D eigenvalue weighted by atomic mass is 10.00. The van der Waals surface area contributed by atoms with E-state index >= 15 is 0 Å². The number of amides is 1. The fourth-order valence-electron chi connectivity index (χ4n) is 2.72. The summed E-state index contributed by atoms with van der Waals surface area (Å²) in [7, 11) is 0. The maximum Gasteiger partial charge on any atom is 0.328 e. The van der Waals surface area contributed by atoms with Gasteiger partial charge in [-0.15, -0.1) is 0 Å². The predicted molar refractivity (Wildman–Crippen MR) is 91.8 cm³/mol. The summed E-state index contributed by atoms with van der Waals surface area (Å²) in [4.78, 5) is 37.0. The minimum absolute atomic E-state index is 0.148. The van der Waals surface area contributed by atoms with Gasteiger partial charge in [0.15, 0.2) is 0 Å². The molecule has 0 saturated heterocycles. The maximum atomic E-state index is 12.2. The molecule has 3 rings (SSSR count). The van der Waals surface area contributed by atoms with Crippen molar-refractivity contribution in [3.63, 3.8) is 0 Å². The molecule has 122 valence electrons. The molecule has 0 aliphatic rings. The van der Waals surface area contributed by atoms with Crippen molar-refractivity contribution >= 4 is 16.7 Å². The molecular formula is C18H17N3O3. The summed E-state index contributed by atoms with van der Waals surface area (Å²) in [5.41, 5.74) is -0.0773. The molecule has 0 saturated carbocycles. The molecule has 0 fully saturated rings. The van der Waals surface area contributed by atoms with Gasteiger partial charge in [-0.05, 0) is 23.3 Å². The Balaban J connectivity index is 1.78. The third-order valence-corrected chi connectivity index (χ3v) is 3.88. The van der Waals surface area contributed by atoms with Gasteiger partial charge in [0.05, 0.1) is 6.04 Å². The molecule has 1 amide bonds. The van der Waals surface area contributed by atoms with E-state index in [4.69, 9.17) is 0 Å². The van der Waals surface area contributed by atoms with Crippen molar-refractivity contribution in [3.05, 3.63) is 81.1 Å². The maximum absolute atomic E-state index is 12.2. The third kappa shape index (κ3) is 3.27. The molecule has 1 atom stereocenters. The zero-order valence-electron chi connectivity index (χ0n) is 13.2. The fraction of sp³-hybridized carbons (Fsp3) is 0.167. The van der Waals surface area contributed by atoms with E-state index in [0.717, 1.165) is 20.9 Å². The molecule has 0 aliphatic carbocycles. The van der Waals surface area contributed by atoms with Crippen LogP contribution in [0.3, 0.4) is 0 Å². The van der Waals surface area contributed by atoms with Gasteiger partial charge in [-0.1, -0.05) is 42.5 Å². The second kappa shape index (κ2) is 6.54. The molecule has 6 heteroatoms. The standard InChI is InChI=1S/C18H17N3O3/c1-12(14-8-4-6-13-5-2-3-7-15(13)14)19-17(23)11-21-10-9-16(22)20-18(21)24/h2-10,12H,11H2,1H3,(H,19,23)(H,20,22,24). The van der Waals surface area contributed by atoms with Gasteiger partial charge in [-0.3, -0.25) is 19.1 Å². The van der Waals surface area contributed by atoms with E-state index in [-0.39, 0.29) is 18.5 Å². The Kier molecular flexibility index (Phi) is 4.29. The number of hydrogen-bond acceptors (Lipinski definition) is 3. The van der Waals surface area contributed by atoms with Crippen molar-refractivity contribution in [2.24, 2.45) is 0 Å². The van der Waals surface area contributed by atoms with Crippen LogP contribution in [0.2, 0.25) is 0 Å². The number of rotatable bonds is 4. The van der Waals surface area contributed by atoms with Gasteiger partial charge < -0.3 is 5.32 Å². The Morgan fingerprint density at radius 1 is 1.12 bits per heavy atom. The van der Waals surface area contributed by atoms with Gasteiger partial charge in [0.2, 0.25) is 5.91 Å². The average Bonchev–Trinajstić information content (AvgIpc) is 2.57. The van der Waals surface area contributed by atoms with Gasteiger partial charge >= 0.3 is 5.69 Å². The molecule has 0 bridgehead atoms. The Bertz CT molecular complexity index is 999. The number of hydrogen-bond donors (Lipinski definition) is 2. The Labute approximate surface area is 137 Å². The number of nitrogens with zero attached hydrogens (tertiary/aromatic N) is 1. The lowest BCUT2D eigenvalue weighted by Crippen LogP contribution is -2.36.